The van der Waals surface area contributed by atoms with Crippen LogP contribution in [-0.4, -0.2) is 0 Å². The molecule has 0 aromatic heterocycles. The Morgan fingerprint density at radius 1 is 0.152 bits per heavy atom. The molecule has 0 atom stereocenters. The maximum absolute atomic E-state index is 2.55. The Bertz CT molecular complexity index is 7750. The van der Waals surface area contributed by atoms with Crippen LogP contribution in [0.1, 0.15) is 340 Å². The summed E-state index contributed by atoms with van der Waals surface area (Å²) in [5, 5.41) is 0. The van der Waals surface area contributed by atoms with Gasteiger partial charge in [-0.2, -0.15) is 0 Å². The minimum atomic E-state index is -0.214. The van der Waals surface area contributed by atoms with Crippen LogP contribution in [0.15, 0.2) is 303 Å². The lowest BCUT2D eigenvalue weighted by Gasteiger charge is -2.33. The van der Waals surface area contributed by atoms with E-state index in [9.17, 15) is 0 Å². The smallest absolute Gasteiger partial charge is 0.0474 e. The van der Waals surface area contributed by atoms with Crippen LogP contribution < -0.4 is 9.80 Å². The van der Waals surface area contributed by atoms with Crippen molar-refractivity contribution in [2.24, 2.45) is 0 Å². The summed E-state index contributed by atoms with van der Waals surface area (Å²) in [6.07, 6.45) is 0. The second-order valence-electron chi connectivity index (χ2n) is 54.0. The highest BCUT2D eigenvalue weighted by atomic mass is 15.1. The van der Waals surface area contributed by atoms with E-state index < -0.39 is 0 Å². The molecule has 2 nitrogen and oxygen atoms in total. The molecule has 6 aliphatic rings. The van der Waals surface area contributed by atoms with Gasteiger partial charge in [0.05, 0.1) is 0 Å². The van der Waals surface area contributed by atoms with Gasteiger partial charge in [-0.25, -0.2) is 0 Å². The number of hydrogen-bond donors (Lipinski definition) is 0. The van der Waals surface area contributed by atoms with Gasteiger partial charge in [-0.05, 0) is 364 Å². The average Bonchev–Trinajstić information content (AvgIpc) is 1.61. The molecule has 0 saturated heterocycles. The lowest BCUT2D eigenvalue weighted by atomic mass is 9.75. The zero-order valence-corrected chi connectivity index (χ0v) is 93.3. The lowest BCUT2D eigenvalue weighted by molar-refractivity contribution is 0.584. The third kappa shape index (κ3) is 16.0. The summed E-state index contributed by atoms with van der Waals surface area (Å²) >= 11 is 0. The van der Waals surface area contributed by atoms with Crippen molar-refractivity contribution in [1.29, 1.82) is 0 Å². The van der Waals surface area contributed by atoms with E-state index in [1.54, 1.807) is 0 Å². The topological polar surface area (TPSA) is 6.48 Å². The van der Waals surface area contributed by atoms with Gasteiger partial charge in [0, 0.05) is 66.6 Å². The van der Waals surface area contributed by atoms with Crippen molar-refractivity contribution >= 4 is 34.1 Å². The van der Waals surface area contributed by atoms with Crippen molar-refractivity contribution in [1.82, 2.24) is 0 Å². The average molecular weight is 1900 g/mol. The largest absolute Gasteiger partial charge is 0.310 e. The molecular weight excluding hydrogens is 1750 g/mol. The molecule has 0 unspecified atom stereocenters. The summed E-state index contributed by atoms with van der Waals surface area (Å²) in [4.78, 5) is 5.04. The van der Waals surface area contributed by atoms with Gasteiger partial charge in [0.2, 0.25) is 0 Å². The monoisotopic (exact) mass is 1900 g/mol. The molecule has 6 aliphatic carbocycles. The molecule has 734 valence electrons. The highest BCUT2D eigenvalue weighted by Crippen LogP contribution is 2.62. The summed E-state index contributed by atoms with van der Waals surface area (Å²) in [6, 6.07) is 119. The van der Waals surface area contributed by atoms with Crippen LogP contribution in [0.25, 0.3) is 111 Å². The van der Waals surface area contributed by atoms with Crippen LogP contribution in [0, 0.1) is 6.92 Å². The van der Waals surface area contributed by atoms with Crippen LogP contribution >= 0.6 is 0 Å². The van der Waals surface area contributed by atoms with E-state index in [0.29, 0.717) is 0 Å². The summed E-state index contributed by atoms with van der Waals surface area (Å²) < 4.78 is 0. The molecule has 0 saturated carbocycles. The fourth-order valence-electron chi connectivity index (χ4n) is 25.6. The molecule has 0 aliphatic heterocycles. The van der Waals surface area contributed by atoms with Crippen molar-refractivity contribution in [3.63, 3.8) is 0 Å². The zero-order chi connectivity index (χ0) is 104. The van der Waals surface area contributed by atoms with E-state index in [2.05, 4.69) is 549 Å². The molecule has 0 fully saturated rings. The van der Waals surface area contributed by atoms with E-state index in [4.69, 9.17) is 0 Å². The SMILES string of the molecule is CC(C)(C)c1ccc2c(c1)C(C)(C)c1cc(-c3cc(N(c4ccccc4)c4ccc5c(c4)C(C)(C)c4cc(C(C)(C)C)ccc4-5)cc(-c4ccc5c(c4)C(C)(C)c4cc(C(C)(C)C)ccc4-5)c3C(C)(C)C)ccc1-2.Cc1c(-c2ccc3c(c2)C(C)(C)c2cc(C(C)(C)C)ccc2-3)cc(N(c2ccccc2)c2ccc3c(c2)C(C)(C)c2cc(C(C)(C)C)ccc2-3)cc1-c1ccc2c(c1)C(C)(C)c1cc(C(C)(C)C)ccc1-2. The highest BCUT2D eigenvalue weighted by Gasteiger charge is 2.46. The van der Waals surface area contributed by atoms with Crippen molar-refractivity contribution < 1.29 is 0 Å². The number of nitrogens with zero attached hydrogens (tertiary/aromatic N) is 2. The first-order valence-corrected chi connectivity index (χ1v) is 53.6. The number of anilines is 6. The van der Waals surface area contributed by atoms with Gasteiger partial charge < -0.3 is 9.80 Å². The van der Waals surface area contributed by atoms with Crippen molar-refractivity contribution in [3.05, 3.63) is 415 Å². The molecule has 0 spiro atoms. The Balaban J connectivity index is 0.000000171. The molecule has 16 aromatic rings. The van der Waals surface area contributed by atoms with E-state index in [-0.39, 0.29) is 70.4 Å². The number of para-hydroxylation sites is 2. The second-order valence-corrected chi connectivity index (χ2v) is 54.0. The summed E-state index contributed by atoms with van der Waals surface area (Å²) in [6.45, 7) is 80.5. The van der Waals surface area contributed by atoms with Crippen LogP contribution in [0.4, 0.5) is 34.1 Å². The Labute approximate surface area is 869 Å². The minimum Gasteiger partial charge on any atom is -0.310 e. The van der Waals surface area contributed by atoms with Crippen molar-refractivity contribution in [2.75, 3.05) is 9.80 Å². The highest BCUT2D eigenvalue weighted by molar-refractivity contribution is 5.98. The van der Waals surface area contributed by atoms with Crippen LogP contribution in [-0.2, 0) is 70.4 Å². The Kier molecular flexibility index (Phi) is 22.4. The molecule has 0 bridgehead atoms. The van der Waals surface area contributed by atoms with Crippen LogP contribution in [0.2, 0.25) is 0 Å². The summed E-state index contributed by atoms with van der Waals surface area (Å²) in [7, 11) is 0. The molecule has 16 aromatic carbocycles. The van der Waals surface area contributed by atoms with Gasteiger partial charge in [0.25, 0.3) is 0 Å². The Morgan fingerprint density at radius 2 is 0.331 bits per heavy atom. The van der Waals surface area contributed by atoms with Gasteiger partial charge in [0.1, 0.15) is 0 Å². The van der Waals surface area contributed by atoms with E-state index in [1.165, 1.54) is 223 Å². The number of fused-ring (bicyclic) bond motifs is 18. The predicted octanol–water partition coefficient (Wildman–Crippen LogP) is 40.2. The number of benzene rings is 16. The molecular formula is C143H152N2. The second kappa shape index (κ2) is 33.1. The zero-order valence-electron chi connectivity index (χ0n) is 93.3. The molecule has 0 radical (unpaired) electrons. The quantitative estimate of drug-likeness (QED) is 0.135. The fraction of sp³-hybridized carbons (Fsp3) is 0.329. The first-order chi connectivity index (χ1) is 67.7. The molecule has 2 heteroatoms. The first kappa shape index (κ1) is 98.2. The van der Waals surface area contributed by atoms with Crippen molar-refractivity contribution in [3.8, 4) is 111 Å². The van der Waals surface area contributed by atoms with Gasteiger partial charge in [-0.15, -0.1) is 0 Å². The number of rotatable bonds is 10. The molecule has 0 N–H and O–H groups in total. The van der Waals surface area contributed by atoms with Gasteiger partial charge >= 0.3 is 0 Å². The standard InChI is InChI=1S/C73H79N.C70H73N/c1-67(2,3)46-26-32-54-52-30-24-44(36-60(52)71(13,14)62(54)38-46)58-41-51(42-59(66(58)70(10,11)12)45-25-31-53-55-33-27-47(68(4,5)6)39-63(55)72(15,16)61(53)37-45)74(49-22-20-19-21-23-49)50-29-35-57-56-34-28-48(69(7,8)9)40-64(56)73(17,18)65(57)43-50;1-42-57(43-22-28-51-53-30-24-45(65(2,3)4)36-61(53)68(11,12)59(51)34-43)39-50(40-58(42)44-23-29-52-54-31-25-46(66(5,6)7)37-62(54)69(13,14)60(52)35-44)71(48-20-18-17-19-21-48)49-27-33-56-55-32-26-47(67(8,9)10)38-63(55)70(15,16)64(56)41-49/h19-43H,1-18H3;17-41H,1-16H3. The molecule has 0 amide bonds. The van der Waals surface area contributed by atoms with Crippen molar-refractivity contribution in [2.45, 2.75) is 306 Å². The number of hydrogen-bond acceptors (Lipinski definition) is 2. The summed E-state index contributed by atoms with van der Waals surface area (Å²) in [5.41, 5.74) is 60.1. The van der Waals surface area contributed by atoms with E-state index in [0.717, 1.165) is 34.1 Å². The summed E-state index contributed by atoms with van der Waals surface area (Å²) in [5.74, 6) is 0. The lowest BCUT2D eigenvalue weighted by Crippen LogP contribution is -2.19. The normalized spacial score (nSPS) is 15.7. The van der Waals surface area contributed by atoms with Gasteiger partial charge in [0.15, 0.2) is 0 Å². The third-order valence-electron chi connectivity index (χ3n) is 34.8. The van der Waals surface area contributed by atoms with Gasteiger partial charge in [-0.1, -0.05) is 435 Å². The van der Waals surface area contributed by atoms with Crippen LogP contribution in [0.5, 0.6) is 0 Å². The minimum absolute atomic E-state index is 0.0620. The van der Waals surface area contributed by atoms with Gasteiger partial charge in [-0.3, -0.25) is 0 Å². The Hall–Kier alpha value is -12.9. The first-order valence-electron chi connectivity index (χ1n) is 53.6. The predicted molar refractivity (Wildman–Crippen MR) is 625 cm³/mol. The molecule has 145 heavy (non-hydrogen) atoms. The van der Waals surface area contributed by atoms with Crippen LogP contribution in [0.3, 0.4) is 0 Å². The molecule has 22 rings (SSSR count). The molecule has 0 heterocycles. The maximum atomic E-state index is 2.55. The Morgan fingerprint density at radius 3 is 0.538 bits per heavy atom. The van der Waals surface area contributed by atoms with E-state index >= 15 is 0 Å². The third-order valence-corrected chi connectivity index (χ3v) is 34.8. The maximum Gasteiger partial charge on any atom is 0.0474 e. The van der Waals surface area contributed by atoms with E-state index in [1.807, 2.05) is 0 Å². The fourth-order valence-corrected chi connectivity index (χ4v) is 25.6.